The van der Waals surface area contributed by atoms with Gasteiger partial charge in [0.15, 0.2) is 5.75 Å². The summed E-state index contributed by atoms with van der Waals surface area (Å²) < 4.78 is 19.2. The van der Waals surface area contributed by atoms with Crippen LogP contribution in [-0.2, 0) is 4.57 Å². The molecule has 158 valence electrons. The number of nitrogens with one attached hydrogen (secondary N) is 1. The minimum Gasteiger partial charge on any atom is -0.441 e. The maximum absolute atomic E-state index is 13.4. The summed E-state index contributed by atoms with van der Waals surface area (Å²) in [7, 11) is -1.45. The molecule has 0 spiro atoms. The van der Waals surface area contributed by atoms with Gasteiger partial charge in [-0.2, -0.15) is 0 Å². The van der Waals surface area contributed by atoms with E-state index >= 15 is 0 Å². The van der Waals surface area contributed by atoms with Crippen molar-refractivity contribution in [3.8, 4) is 5.75 Å². The summed E-state index contributed by atoms with van der Waals surface area (Å²) in [6, 6.07) is 14.5. The molecule has 0 aliphatic heterocycles. The number of amides is 1. The predicted molar refractivity (Wildman–Crippen MR) is 125 cm³/mol. The number of anilines is 1. The third-order valence-corrected chi connectivity index (χ3v) is 8.22. The third-order valence-electron chi connectivity index (χ3n) is 5.06. The van der Waals surface area contributed by atoms with Crippen LogP contribution in [-0.4, -0.2) is 36.5 Å². The van der Waals surface area contributed by atoms with Gasteiger partial charge in [-0.15, -0.1) is 11.8 Å². The lowest BCUT2D eigenvalue weighted by atomic mass is 10.1. The predicted octanol–water partition coefficient (Wildman–Crippen LogP) is 5.22. The molecule has 1 N–H and O–H groups in total. The van der Waals surface area contributed by atoms with E-state index < -0.39 is 18.8 Å². The Morgan fingerprint density at radius 1 is 1.13 bits per heavy atom. The molecule has 0 aliphatic carbocycles. The molecule has 30 heavy (non-hydrogen) atoms. The van der Waals surface area contributed by atoms with E-state index in [0.29, 0.717) is 28.9 Å². The molecule has 0 fully saturated rings. The van der Waals surface area contributed by atoms with Crippen molar-refractivity contribution in [3.05, 3.63) is 64.4 Å². The number of rotatable bonds is 7. The lowest BCUT2D eigenvalue weighted by molar-refractivity contribution is 0.0990. The minimum absolute atomic E-state index is 0.0875. The molecule has 8 heteroatoms. The quantitative estimate of drug-likeness (QED) is 0.399. The van der Waals surface area contributed by atoms with Crippen molar-refractivity contribution < 1.29 is 13.9 Å². The average molecular weight is 444 g/mol. The Labute approximate surface area is 180 Å². The molecule has 0 saturated carbocycles. The Hall–Kier alpha value is -2.50. The number of aromatic nitrogens is 1. The second-order valence-electron chi connectivity index (χ2n) is 6.81. The van der Waals surface area contributed by atoms with E-state index in [1.165, 1.54) is 16.7 Å². The number of aromatic amines is 1. The normalized spacial score (nSPS) is 11.5. The standard InChI is InChI=1S/C22H25N2O4PS/c1-5-29(27,6-2)28-20-17-14-16(30-4)12-13-18(17)23-21(25)19(20)22(26)24(3)15-10-8-7-9-11-15/h7-14H,5-6H2,1-4H3,(H,23,25). The molecule has 0 bridgehead atoms. The molecule has 1 amide bonds. The number of fused-ring (bicyclic) bond motifs is 1. The van der Waals surface area contributed by atoms with E-state index in [9.17, 15) is 14.2 Å². The van der Waals surface area contributed by atoms with Crippen molar-refractivity contribution in [2.24, 2.45) is 0 Å². The van der Waals surface area contributed by atoms with E-state index in [1.807, 2.05) is 36.6 Å². The Morgan fingerprint density at radius 3 is 2.40 bits per heavy atom. The molecule has 0 radical (unpaired) electrons. The number of H-pyrrole nitrogens is 1. The molecule has 1 aromatic heterocycles. The van der Waals surface area contributed by atoms with Crippen LogP contribution >= 0.6 is 19.1 Å². The Morgan fingerprint density at radius 2 is 1.80 bits per heavy atom. The van der Waals surface area contributed by atoms with Gasteiger partial charge in [0.25, 0.3) is 11.5 Å². The van der Waals surface area contributed by atoms with Gasteiger partial charge in [-0.3, -0.25) is 14.2 Å². The summed E-state index contributed by atoms with van der Waals surface area (Å²) in [4.78, 5) is 31.5. The van der Waals surface area contributed by atoms with Gasteiger partial charge < -0.3 is 14.4 Å². The topological polar surface area (TPSA) is 79.5 Å². The smallest absolute Gasteiger partial charge is 0.267 e. The summed E-state index contributed by atoms with van der Waals surface area (Å²) in [5, 5.41) is 0.563. The maximum Gasteiger partial charge on any atom is 0.267 e. The monoisotopic (exact) mass is 444 g/mol. The molecule has 1 heterocycles. The van der Waals surface area contributed by atoms with E-state index in [4.69, 9.17) is 4.52 Å². The van der Waals surface area contributed by atoms with Crippen molar-refractivity contribution in [1.29, 1.82) is 0 Å². The fourth-order valence-corrected chi connectivity index (χ4v) is 4.78. The molecule has 6 nitrogen and oxygen atoms in total. The number of carbonyl (C=O) groups excluding carboxylic acids is 1. The molecule has 3 rings (SSSR count). The summed E-state index contributed by atoms with van der Waals surface area (Å²) in [5.41, 5.74) is 0.459. The SMILES string of the molecule is CCP(=O)(CC)Oc1c(C(=O)N(C)c2ccccc2)c(=O)[nH]c2ccc(SC)cc12. The lowest BCUT2D eigenvalue weighted by Gasteiger charge is -2.22. The van der Waals surface area contributed by atoms with Crippen LogP contribution < -0.4 is 15.0 Å². The van der Waals surface area contributed by atoms with Crippen molar-refractivity contribution in [1.82, 2.24) is 4.98 Å². The molecule has 2 aromatic carbocycles. The number of pyridine rings is 1. The summed E-state index contributed by atoms with van der Waals surface area (Å²) in [6.45, 7) is 3.56. The molecular formula is C22H25N2O4PS. The summed E-state index contributed by atoms with van der Waals surface area (Å²) >= 11 is 1.53. The second kappa shape index (κ2) is 9.11. The molecule has 0 aliphatic rings. The zero-order chi connectivity index (χ0) is 21.9. The van der Waals surface area contributed by atoms with Crippen LogP contribution in [0.4, 0.5) is 5.69 Å². The number of hydrogen-bond acceptors (Lipinski definition) is 5. The van der Waals surface area contributed by atoms with Gasteiger partial charge in [0.2, 0.25) is 7.37 Å². The first-order valence-electron chi connectivity index (χ1n) is 9.68. The number of nitrogens with zero attached hydrogens (tertiary/aromatic N) is 1. The fourth-order valence-electron chi connectivity index (χ4n) is 3.11. The Balaban J connectivity index is 2.27. The highest BCUT2D eigenvalue weighted by molar-refractivity contribution is 7.98. The van der Waals surface area contributed by atoms with Gasteiger partial charge >= 0.3 is 0 Å². The van der Waals surface area contributed by atoms with Crippen LogP contribution in [0.2, 0.25) is 0 Å². The van der Waals surface area contributed by atoms with Crippen LogP contribution in [0.25, 0.3) is 10.9 Å². The fraction of sp³-hybridized carbons (Fsp3) is 0.273. The van der Waals surface area contributed by atoms with Crippen LogP contribution in [0.15, 0.2) is 58.2 Å². The molecular weight excluding hydrogens is 419 g/mol. The summed E-state index contributed by atoms with van der Waals surface area (Å²) in [6.07, 6.45) is 2.55. The highest BCUT2D eigenvalue weighted by atomic mass is 32.2. The van der Waals surface area contributed by atoms with E-state index in [0.717, 1.165) is 4.90 Å². The molecule has 3 aromatic rings. The van der Waals surface area contributed by atoms with Crippen LogP contribution in [0.3, 0.4) is 0 Å². The van der Waals surface area contributed by atoms with Crippen LogP contribution in [0.5, 0.6) is 5.75 Å². The zero-order valence-corrected chi connectivity index (χ0v) is 19.2. The van der Waals surface area contributed by atoms with Crippen molar-refractivity contribution in [2.75, 3.05) is 30.5 Å². The largest absolute Gasteiger partial charge is 0.441 e. The van der Waals surface area contributed by atoms with Crippen molar-refractivity contribution in [2.45, 2.75) is 18.7 Å². The van der Waals surface area contributed by atoms with Crippen molar-refractivity contribution in [3.63, 3.8) is 0 Å². The van der Waals surface area contributed by atoms with Gasteiger partial charge in [0, 0.05) is 35.3 Å². The molecule has 0 unspecified atom stereocenters. The number of hydrogen-bond donors (Lipinski definition) is 1. The number of carbonyl (C=O) groups is 1. The Kier molecular flexibility index (Phi) is 6.74. The zero-order valence-electron chi connectivity index (χ0n) is 17.5. The van der Waals surface area contributed by atoms with E-state index in [2.05, 4.69) is 4.98 Å². The average Bonchev–Trinajstić information content (AvgIpc) is 2.78. The van der Waals surface area contributed by atoms with Gasteiger partial charge in [-0.1, -0.05) is 32.0 Å². The van der Waals surface area contributed by atoms with Crippen LogP contribution in [0, 0.1) is 0 Å². The maximum atomic E-state index is 13.4. The van der Waals surface area contributed by atoms with Gasteiger partial charge in [-0.05, 0) is 36.6 Å². The van der Waals surface area contributed by atoms with Gasteiger partial charge in [-0.25, -0.2) is 0 Å². The number of benzene rings is 2. The molecule has 0 saturated heterocycles. The van der Waals surface area contributed by atoms with Gasteiger partial charge in [0.1, 0.15) is 5.56 Å². The molecule has 0 atom stereocenters. The van der Waals surface area contributed by atoms with E-state index in [-0.39, 0.29) is 11.3 Å². The number of para-hydroxylation sites is 1. The van der Waals surface area contributed by atoms with Crippen LogP contribution in [0.1, 0.15) is 24.2 Å². The highest BCUT2D eigenvalue weighted by Gasteiger charge is 2.29. The lowest BCUT2D eigenvalue weighted by Crippen LogP contribution is -2.32. The van der Waals surface area contributed by atoms with Gasteiger partial charge in [0.05, 0.1) is 5.52 Å². The second-order valence-corrected chi connectivity index (χ2v) is 10.8. The summed E-state index contributed by atoms with van der Waals surface area (Å²) in [5.74, 6) is -0.433. The van der Waals surface area contributed by atoms with E-state index in [1.54, 1.807) is 39.1 Å². The first-order chi connectivity index (χ1) is 14.3. The highest BCUT2D eigenvalue weighted by Crippen LogP contribution is 2.48. The minimum atomic E-state index is -3.05. The number of thioether (sulfide) groups is 1. The third kappa shape index (κ3) is 4.32. The van der Waals surface area contributed by atoms with Crippen molar-refractivity contribution >= 4 is 41.6 Å². The Bertz CT molecular complexity index is 1170. The first kappa shape index (κ1) is 22.2. The first-order valence-corrected chi connectivity index (χ1v) is 12.9.